The zero-order valence-corrected chi connectivity index (χ0v) is 23.3. The van der Waals surface area contributed by atoms with Crippen LogP contribution >= 0.6 is 0 Å². The Kier molecular flexibility index (Phi) is 11.7. The van der Waals surface area contributed by atoms with Crippen LogP contribution < -0.4 is 15.7 Å². The number of nitrogens with one attached hydrogen (secondary N) is 2. The van der Waals surface area contributed by atoms with Gasteiger partial charge in [-0.3, -0.25) is 9.59 Å². The lowest BCUT2D eigenvalue weighted by molar-refractivity contribution is -0.163. The van der Waals surface area contributed by atoms with E-state index in [0.717, 1.165) is 63.7 Å². The summed E-state index contributed by atoms with van der Waals surface area (Å²) >= 11 is 0. The van der Waals surface area contributed by atoms with Crippen LogP contribution in [0.4, 0.5) is 5.69 Å². The summed E-state index contributed by atoms with van der Waals surface area (Å²) in [5, 5.41) is 3.62. The minimum Gasteiger partial charge on any atom is -0.461 e. The maximum absolute atomic E-state index is 12.9. The summed E-state index contributed by atoms with van der Waals surface area (Å²) in [5.74, 6) is 0.442. The molecule has 2 aliphatic rings. The van der Waals surface area contributed by atoms with E-state index in [2.05, 4.69) is 43.4 Å². The molecular weight excluding hydrogens is 470 g/mol. The average Bonchev–Trinajstić information content (AvgIpc) is 3.39. The van der Waals surface area contributed by atoms with Gasteiger partial charge in [-0.05, 0) is 88.0 Å². The predicted molar refractivity (Wildman–Crippen MR) is 145 cm³/mol. The second kappa shape index (κ2) is 14.7. The summed E-state index contributed by atoms with van der Waals surface area (Å²) in [4.78, 5) is 32.9. The third-order valence-corrected chi connectivity index (χ3v) is 6.98. The third kappa shape index (κ3) is 9.91. The molecule has 1 amide bonds. The fraction of sp³-hybridized carbons (Fsp3) is 0.724. The number of piperidine rings is 1. The van der Waals surface area contributed by atoms with Gasteiger partial charge in [0.25, 0.3) is 5.91 Å². The molecule has 8 nitrogen and oxygen atoms in total. The molecule has 0 bridgehead atoms. The van der Waals surface area contributed by atoms with Crippen LogP contribution in [0.25, 0.3) is 0 Å². The second-order valence-electron chi connectivity index (χ2n) is 11.3. The molecule has 1 aliphatic heterocycles. The van der Waals surface area contributed by atoms with Crippen LogP contribution in [0.5, 0.6) is 0 Å². The summed E-state index contributed by atoms with van der Waals surface area (Å²) in [6, 6.07) is 7.63. The summed E-state index contributed by atoms with van der Waals surface area (Å²) in [6.45, 7) is 12.5. The van der Waals surface area contributed by atoms with Gasteiger partial charge < -0.3 is 19.7 Å². The molecule has 2 N–H and O–H groups in total. The minimum atomic E-state index is -0.509. The number of hydroxylamine groups is 1. The maximum atomic E-state index is 12.9. The largest absolute Gasteiger partial charge is 0.461 e. The van der Waals surface area contributed by atoms with E-state index in [4.69, 9.17) is 14.3 Å². The molecule has 1 heterocycles. The van der Waals surface area contributed by atoms with Crippen molar-refractivity contribution < 1.29 is 23.9 Å². The molecule has 1 aliphatic carbocycles. The van der Waals surface area contributed by atoms with Crippen LogP contribution in [0.3, 0.4) is 0 Å². The number of esters is 1. The Bertz CT molecular complexity index is 830. The number of ether oxygens (including phenoxy) is 2. The van der Waals surface area contributed by atoms with E-state index < -0.39 is 6.29 Å². The van der Waals surface area contributed by atoms with Crippen molar-refractivity contribution in [1.29, 1.82) is 0 Å². The topological polar surface area (TPSA) is 89.1 Å². The highest BCUT2D eigenvalue weighted by atomic mass is 16.8. The molecule has 3 rings (SSSR count). The van der Waals surface area contributed by atoms with Gasteiger partial charge in [-0.1, -0.05) is 27.7 Å². The zero-order valence-electron chi connectivity index (χ0n) is 23.3. The molecule has 1 aromatic carbocycles. The molecule has 0 radical (unpaired) electrons. The first kappa shape index (κ1) is 29.4. The quantitative estimate of drug-likeness (QED) is 0.220. The fourth-order valence-corrected chi connectivity index (χ4v) is 4.93. The van der Waals surface area contributed by atoms with Crippen molar-refractivity contribution in [3.8, 4) is 0 Å². The number of hydrogen-bond acceptors (Lipinski definition) is 7. The lowest BCUT2D eigenvalue weighted by atomic mass is 9.99. The molecule has 1 saturated heterocycles. The van der Waals surface area contributed by atoms with Crippen LogP contribution in [-0.2, 0) is 19.1 Å². The molecule has 2 atom stereocenters. The summed E-state index contributed by atoms with van der Waals surface area (Å²) in [6.07, 6.45) is 6.60. The number of carbonyl (C=O) groups excluding carboxylic acids is 2. The second-order valence-corrected chi connectivity index (χ2v) is 11.3. The van der Waals surface area contributed by atoms with Gasteiger partial charge in [0.15, 0.2) is 6.29 Å². The molecule has 1 aromatic rings. The molecule has 2 unspecified atom stereocenters. The van der Waals surface area contributed by atoms with Crippen molar-refractivity contribution >= 4 is 17.6 Å². The van der Waals surface area contributed by atoms with Crippen LogP contribution in [0.2, 0.25) is 0 Å². The van der Waals surface area contributed by atoms with E-state index in [1.54, 1.807) is 6.92 Å². The highest BCUT2D eigenvalue weighted by Gasteiger charge is 2.29. The zero-order chi connectivity index (χ0) is 26.8. The van der Waals surface area contributed by atoms with Crippen molar-refractivity contribution in [3.05, 3.63) is 29.8 Å². The van der Waals surface area contributed by atoms with Crippen molar-refractivity contribution in [2.24, 2.45) is 11.8 Å². The normalized spacial score (nSPS) is 18.8. The number of carbonyl (C=O) groups is 2. The predicted octanol–water partition coefficient (Wildman–Crippen LogP) is 4.83. The smallest absolute Gasteiger partial charge is 0.323 e. The molecular formula is C29H47N3O5. The van der Waals surface area contributed by atoms with E-state index >= 15 is 0 Å². The van der Waals surface area contributed by atoms with Gasteiger partial charge in [-0.15, -0.1) is 0 Å². The van der Waals surface area contributed by atoms with Gasteiger partial charge in [-0.25, -0.2) is 10.3 Å². The number of anilines is 1. The molecule has 37 heavy (non-hydrogen) atoms. The fourth-order valence-electron chi connectivity index (χ4n) is 4.93. The Morgan fingerprint density at radius 1 is 0.946 bits per heavy atom. The van der Waals surface area contributed by atoms with Crippen LogP contribution in [0.15, 0.2) is 24.3 Å². The summed E-state index contributed by atoms with van der Waals surface area (Å²) < 4.78 is 11.3. The van der Waals surface area contributed by atoms with Gasteiger partial charge in [-0.2, -0.15) is 0 Å². The Hall–Kier alpha value is -2.16. The molecule has 0 spiro atoms. The van der Waals surface area contributed by atoms with Crippen molar-refractivity contribution in [1.82, 2.24) is 10.8 Å². The Labute approximate surface area is 222 Å². The first-order valence-electron chi connectivity index (χ1n) is 14.1. The van der Waals surface area contributed by atoms with E-state index in [-0.39, 0.29) is 24.0 Å². The minimum absolute atomic E-state index is 0.0817. The van der Waals surface area contributed by atoms with Crippen molar-refractivity contribution in [2.45, 2.75) is 104 Å². The van der Waals surface area contributed by atoms with E-state index in [1.807, 2.05) is 24.3 Å². The number of amides is 1. The Morgan fingerprint density at radius 2 is 1.59 bits per heavy atom. The highest BCUT2D eigenvalue weighted by molar-refractivity contribution is 5.93. The summed E-state index contributed by atoms with van der Waals surface area (Å²) in [5.41, 5.74) is 4.09. The van der Waals surface area contributed by atoms with Crippen molar-refractivity contribution in [2.75, 3.05) is 24.6 Å². The lowest BCUT2D eigenvalue weighted by Gasteiger charge is -2.36. The molecule has 208 valence electrons. The first-order chi connectivity index (χ1) is 17.7. The Morgan fingerprint density at radius 3 is 2.19 bits per heavy atom. The van der Waals surface area contributed by atoms with Gasteiger partial charge in [0, 0.05) is 30.4 Å². The monoisotopic (exact) mass is 517 g/mol. The molecule has 2 fully saturated rings. The highest BCUT2D eigenvalue weighted by Crippen LogP contribution is 2.24. The molecule has 0 aromatic heterocycles. The SMILES string of the molecule is CC(C)COC(C)ONC(=O)c1ccc(N2CCC(NC(CC(C)C)C(=O)OC3CCCC3)CC2)cc1. The van der Waals surface area contributed by atoms with Gasteiger partial charge in [0.1, 0.15) is 12.1 Å². The van der Waals surface area contributed by atoms with Crippen LogP contribution in [-0.4, -0.2) is 56.1 Å². The van der Waals surface area contributed by atoms with E-state index in [1.165, 1.54) is 0 Å². The third-order valence-electron chi connectivity index (χ3n) is 6.98. The molecule has 8 heteroatoms. The Balaban J connectivity index is 1.44. The first-order valence-corrected chi connectivity index (χ1v) is 14.1. The lowest BCUT2D eigenvalue weighted by Crippen LogP contribution is -2.50. The van der Waals surface area contributed by atoms with E-state index in [0.29, 0.717) is 30.0 Å². The van der Waals surface area contributed by atoms with Crippen LogP contribution in [0, 0.1) is 11.8 Å². The number of hydrogen-bond donors (Lipinski definition) is 2. The van der Waals surface area contributed by atoms with Gasteiger partial charge in [0.2, 0.25) is 0 Å². The van der Waals surface area contributed by atoms with Crippen LogP contribution in [0.1, 0.15) is 89.9 Å². The molecule has 1 saturated carbocycles. The van der Waals surface area contributed by atoms with Gasteiger partial charge in [0.05, 0.1) is 6.61 Å². The van der Waals surface area contributed by atoms with Crippen molar-refractivity contribution in [3.63, 3.8) is 0 Å². The number of benzene rings is 1. The standard InChI is InChI=1S/C29H47N3O5/c1-20(2)18-27(29(34)36-26-8-6-7-9-26)30-24-14-16-32(17-15-24)25-12-10-23(11-13-25)28(33)31-37-22(5)35-19-21(3)4/h10-13,20-22,24,26-27,30H,6-9,14-19H2,1-5H3,(H,31,33). The van der Waals surface area contributed by atoms with E-state index in [9.17, 15) is 9.59 Å². The maximum Gasteiger partial charge on any atom is 0.323 e. The summed E-state index contributed by atoms with van der Waals surface area (Å²) in [7, 11) is 0. The number of rotatable bonds is 13. The van der Waals surface area contributed by atoms with Gasteiger partial charge >= 0.3 is 5.97 Å². The number of nitrogens with zero attached hydrogens (tertiary/aromatic N) is 1. The average molecular weight is 518 g/mol.